The first kappa shape index (κ1) is 34.8. The number of hydrogen-bond acceptors (Lipinski definition) is 5. The Bertz CT molecular complexity index is 1750. The van der Waals surface area contributed by atoms with Gasteiger partial charge < -0.3 is 15.0 Å². The molecular weight excluding hydrogens is 645 g/mol. The highest BCUT2D eigenvalue weighted by Crippen LogP contribution is 2.29. The van der Waals surface area contributed by atoms with Crippen LogP contribution in [0.2, 0.25) is 10.0 Å². The summed E-state index contributed by atoms with van der Waals surface area (Å²) in [6.45, 7) is 3.54. The lowest BCUT2D eigenvalue weighted by molar-refractivity contribution is -0.140. The van der Waals surface area contributed by atoms with Crippen LogP contribution in [-0.4, -0.2) is 51.4 Å². The van der Waals surface area contributed by atoms with Gasteiger partial charge in [0.2, 0.25) is 11.8 Å². The van der Waals surface area contributed by atoms with Gasteiger partial charge in [0, 0.05) is 35.6 Å². The molecule has 0 aliphatic heterocycles. The fourth-order valence-corrected chi connectivity index (χ4v) is 6.76. The molecule has 4 aromatic carbocycles. The molecule has 4 aromatic rings. The number of hydrogen-bond donors (Lipinski definition) is 1. The van der Waals surface area contributed by atoms with Gasteiger partial charge >= 0.3 is 0 Å². The molecule has 4 rings (SSSR count). The maximum Gasteiger partial charge on any atom is 0.264 e. The molecule has 11 heteroatoms. The van der Waals surface area contributed by atoms with Crippen molar-refractivity contribution in [1.29, 1.82) is 0 Å². The number of rotatable bonds is 14. The Hall–Kier alpha value is -4.05. The van der Waals surface area contributed by atoms with Gasteiger partial charge in [-0.3, -0.25) is 13.9 Å². The molecule has 0 aliphatic carbocycles. The second-order valence-corrected chi connectivity index (χ2v) is 13.5. The van der Waals surface area contributed by atoms with E-state index in [1.165, 1.54) is 24.1 Å². The zero-order valence-electron chi connectivity index (χ0n) is 26.0. The predicted molar refractivity (Wildman–Crippen MR) is 183 cm³/mol. The summed E-state index contributed by atoms with van der Waals surface area (Å²) in [5.41, 5.74) is 2.50. The number of nitrogens with one attached hydrogen (secondary N) is 1. The molecule has 242 valence electrons. The average Bonchev–Trinajstić information content (AvgIpc) is 3.05. The normalized spacial score (nSPS) is 11.8. The monoisotopic (exact) mass is 681 g/mol. The number of sulfonamides is 1. The van der Waals surface area contributed by atoms with Gasteiger partial charge in [-0.05, 0) is 60.9 Å². The maximum absolute atomic E-state index is 14.5. The molecule has 0 aliphatic rings. The molecule has 0 saturated carbocycles. The lowest BCUT2D eigenvalue weighted by atomic mass is 10.0. The summed E-state index contributed by atoms with van der Waals surface area (Å²) in [7, 11) is -2.77. The van der Waals surface area contributed by atoms with E-state index in [4.69, 9.17) is 27.9 Å². The molecular formula is C35H37Cl2N3O5S. The molecule has 2 amide bonds. The minimum Gasteiger partial charge on any atom is -0.497 e. The van der Waals surface area contributed by atoms with Crippen molar-refractivity contribution in [3.8, 4) is 5.75 Å². The highest BCUT2D eigenvalue weighted by molar-refractivity contribution is 7.92. The summed E-state index contributed by atoms with van der Waals surface area (Å²) in [4.78, 5) is 29.7. The van der Waals surface area contributed by atoms with Gasteiger partial charge in [0.25, 0.3) is 10.0 Å². The van der Waals surface area contributed by atoms with E-state index in [0.717, 1.165) is 15.4 Å². The number of nitrogens with zero attached hydrogens (tertiary/aromatic N) is 2. The van der Waals surface area contributed by atoms with E-state index < -0.39 is 28.5 Å². The fraction of sp³-hybridized carbons (Fsp3) is 0.257. The molecule has 0 spiro atoms. The summed E-state index contributed by atoms with van der Waals surface area (Å²) in [6.07, 6.45) is 0.885. The van der Waals surface area contributed by atoms with Crippen molar-refractivity contribution in [1.82, 2.24) is 10.2 Å². The van der Waals surface area contributed by atoms with Crippen LogP contribution >= 0.6 is 23.2 Å². The van der Waals surface area contributed by atoms with Crippen LogP contribution in [0.15, 0.2) is 102 Å². The number of benzene rings is 4. The van der Waals surface area contributed by atoms with Gasteiger partial charge in [-0.2, -0.15) is 0 Å². The Labute approximate surface area is 280 Å². The second kappa shape index (κ2) is 16.0. The van der Waals surface area contributed by atoms with Gasteiger partial charge in [0.15, 0.2) is 0 Å². The SMILES string of the molecule is CCCNC(=O)[C@@H](Cc1ccccc1)N(Cc1ccc(Cl)cc1Cl)C(=O)CN(c1cccc(OC)c1)S(=O)(=O)c1ccc(C)cc1. The first-order chi connectivity index (χ1) is 22.0. The van der Waals surface area contributed by atoms with E-state index in [9.17, 15) is 18.0 Å². The quantitative estimate of drug-likeness (QED) is 0.160. The number of aryl methyl sites for hydroxylation is 1. The Kier molecular flexibility index (Phi) is 12.1. The van der Waals surface area contributed by atoms with Crippen molar-refractivity contribution >= 4 is 50.7 Å². The molecule has 8 nitrogen and oxygen atoms in total. The Balaban J connectivity index is 1.83. The number of carbonyl (C=O) groups excluding carboxylic acids is 2. The van der Waals surface area contributed by atoms with Gasteiger partial charge in [0.1, 0.15) is 18.3 Å². The van der Waals surface area contributed by atoms with E-state index in [1.807, 2.05) is 44.2 Å². The van der Waals surface area contributed by atoms with Crippen molar-refractivity contribution in [2.45, 2.75) is 44.2 Å². The number of amides is 2. The predicted octanol–water partition coefficient (Wildman–Crippen LogP) is 6.67. The smallest absolute Gasteiger partial charge is 0.264 e. The Morgan fingerprint density at radius 3 is 2.28 bits per heavy atom. The van der Waals surface area contributed by atoms with Gasteiger partial charge in [-0.15, -0.1) is 0 Å². The van der Waals surface area contributed by atoms with Crippen LogP contribution in [0.3, 0.4) is 0 Å². The minimum absolute atomic E-state index is 0.0162. The average molecular weight is 683 g/mol. The molecule has 0 radical (unpaired) electrons. The number of methoxy groups -OCH3 is 1. The highest BCUT2D eigenvalue weighted by atomic mass is 35.5. The number of halogens is 2. The Morgan fingerprint density at radius 2 is 1.63 bits per heavy atom. The van der Waals surface area contributed by atoms with Crippen molar-refractivity contribution < 1.29 is 22.7 Å². The number of ether oxygens (including phenoxy) is 1. The fourth-order valence-electron chi connectivity index (χ4n) is 4.89. The zero-order valence-corrected chi connectivity index (χ0v) is 28.3. The van der Waals surface area contributed by atoms with Crippen molar-refractivity contribution in [2.75, 3.05) is 24.5 Å². The van der Waals surface area contributed by atoms with Crippen molar-refractivity contribution in [3.05, 3.63) is 124 Å². The Morgan fingerprint density at radius 1 is 0.913 bits per heavy atom. The van der Waals surface area contributed by atoms with Crippen molar-refractivity contribution in [2.24, 2.45) is 0 Å². The van der Waals surface area contributed by atoms with Crippen LogP contribution in [-0.2, 0) is 32.6 Å². The third-order valence-electron chi connectivity index (χ3n) is 7.41. The molecule has 0 saturated heterocycles. The third kappa shape index (κ3) is 8.81. The lowest BCUT2D eigenvalue weighted by Gasteiger charge is -2.34. The summed E-state index contributed by atoms with van der Waals surface area (Å²) in [5, 5.41) is 3.66. The summed E-state index contributed by atoms with van der Waals surface area (Å²) in [6, 6.07) is 26.1. The van der Waals surface area contributed by atoms with Crippen LogP contribution < -0.4 is 14.4 Å². The molecule has 0 unspecified atom stereocenters. The summed E-state index contributed by atoms with van der Waals surface area (Å²) < 4.78 is 34.8. The molecule has 1 atom stereocenters. The molecule has 46 heavy (non-hydrogen) atoms. The van der Waals surface area contributed by atoms with E-state index >= 15 is 0 Å². The van der Waals surface area contributed by atoms with Gasteiger partial charge in [-0.1, -0.05) is 90.3 Å². The van der Waals surface area contributed by atoms with Crippen molar-refractivity contribution in [3.63, 3.8) is 0 Å². The van der Waals surface area contributed by atoms with E-state index in [2.05, 4.69) is 5.32 Å². The first-order valence-electron chi connectivity index (χ1n) is 14.8. The van der Waals surface area contributed by atoms with Crippen LogP contribution in [0.25, 0.3) is 0 Å². The van der Waals surface area contributed by atoms with Crippen LogP contribution in [0.4, 0.5) is 5.69 Å². The number of carbonyl (C=O) groups is 2. The molecule has 0 bridgehead atoms. The molecule has 1 N–H and O–H groups in total. The lowest BCUT2D eigenvalue weighted by Crippen LogP contribution is -2.53. The van der Waals surface area contributed by atoms with Crippen LogP contribution in [0.1, 0.15) is 30.0 Å². The maximum atomic E-state index is 14.5. The minimum atomic E-state index is -4.24. The van der Waals surface area contributed by atoms with Crippen LogP contribution in [0.5, 0.6) is 5.75 Å². The van der Waals surface area contributed by atoms with Crippen LogP contribution in [0, 0.1) is 6.92 Å². The van der Waals surface area contributed by atoms with E-state index in [0.29, 0.717) is 34.3 Å². The number of anilines is 1. The first-order valence-corrected chi connectivity index (χ1v) is 17.0. The molecule has 0 fully saturated rings. The molecule has 0 heterocycles. The standard InChI is InChI=1S/C35H37Cl2N3O5S/c1-4-19-38-35(42)33(20-26-9-6-5-7-10-26)39(23-27-15-16-28(36)21-32(27)37)34(41)24-40(29-11-8-12-30(22-29)45-3)46(43,44)31-17-13-25(2)14-18-31/h5-18,21-22,33H,4,19-20,23-24H2,1-3H3,(H,38,42)/t33-/m1/s1. The van der Waals surface area contributed by atoms with E-state index in [1.54, 1.807) is 54.6 Å². The zero-order chi connectivity index (χ0) is 33.3. The molecule has 0 aromatic heterocycles. The van der Waals surface area contributed by atoms with Gasteiger partial charge in [-0.25, -0.2) is 8.42 Å². The summed E-state index contributed by atoms with van der Waals surface area (Å²) in [5.74, 6) is -0.546. The highest BCUT2D eigenvalue weighted by Gasteiger charge is 2.35. The second-order valence-electron chi connectivity index (χ2n) is 10.8. The van der Waals surface area contributed by atoms with E-state index in [-0.39, 0.29) is 29.5 Å². The third-order valence-corrected chi connectivity index (χ3v) is 9.78. The summed E-state index contributed by atoms with van der Waals surface area (Å²) >= 11 is 12.7. The largest absolute Gasteiger partial charge is 0.497 e. The topological polar surface area (TPSA) is 96.0 Å². The van der Waals surface area contributed by atoms with Gasteiger partial charge in [0.05, 0.1) is 17.7 Å².